The first-order valence-corrected chi connectivity index (χ1v) is 13.4. The molecule has 9 rings (SSSR count). The number of para-hydroxylation sites is 3. The number of benzene rings is 5. The zero-order chi connectivity index (χ0) is 25.5. The van der Waals surface area contributed by atoms with Gasteiger partial charge in [0.25, 0.3) is 0 Å². The average molecular weight is 502 g/mol. The first kappa shape index (κ1) is 21.0. The van der Waals surface area contributed by atoms with Gasteiger partial charge in [-0.2, -0.15) is 0 Å². The van der Waals surface area contributed by atoms with Crippen LogP contribution in [0.3, 0.4) is 0 Å². The summed E-state index contributed by atoms with van der Waals surface area (Å²) in [5.41, 5.74) is 9.91. The lowest BCUT2D eigenvalue weighted by Crippen LogP contribution is -2.15. The third-order valence-corrected chi connectivity index (χ3v) is 8.37. The van der Waals surface area contributed by atoms with E-state index < -0.39 is 0 Å². The molecule has 0 fully saturated rings. The van der Waals surface area contributed by atoms with E-state index in [1.54, 1.807) is 0 Å². The van der Waals surface area contributed by atoms with E-state index in [2.05, 4.69) is 114 Å². The van der Waals surface area contributed by atoms with Gasteiger partial charge in [-0.05, 0) is 47.5 Å². The number of H-pyrrole nitrogens is 1. The third kappa shape index (κ3) is 2.98. The molecule has 3 heterocycles. The van der Waals surface area contributed by atoms with E-state index in [0.717, 1.165) is 61.0 Å². The molecule has 0 saturated heterocycles. The molecule has 0 spiro atoms. The molecule has 1 aliphatic carbocycles. The largest absolute Gasteiger partial charge is 0.484 e. The Hall–Kier alpha value is -5.02. The lowest BCUT2D eigenvalue weighted by Gasteiger charge is -2.14. The van der Waals surface area contributed by atoms with Gasteiger partial charge in [0.05, 0.1) is 0 Å². The molecule has 2 atom stereocenters. The second-order valence-corrected chi connectivity index (χ2v) is 10.5. The first-order valence-electron chi connectivity index (χ1n) is 13.4. The highest BCUT2D eigenvalue weighted by Crippen LogP contribution is 2.47. The summed E-state index contributed by atoms with van der Waals surface area (Å²) < 4.78 is 12.8. The van der Waals surface area contributed by atoms with Crippen LogP contribution in [0, 0.1) is 0 Å². The van der Waals surface area contributed by atoms with Crippen molar-refractivity contribution in [1.82, 2.24) is 4.98 Å². The van der Waals surface area contributed by atoms with Crippen LogP contribution in [0.5, 0.6) is 5.75 Å². The highest BCUT2D eigenvalue weighted by molar-refractivity contribution is 6.12. The quantitative estimate of drug-likeness (QED) is 0.256. The number of aromatic nitrogens is 1. The van der Waals surface area contributed by atoms with Gasteiger partial charge in [0.15, 0.2) is 0 Å². The minimum absolute atomic E-state index is 0.0755. The van der Waals surface area contributed by atoms with Crippen LogP contribution >= 0.6 is 0 Å². The van der Waals surface area contributed by atoms with Crippen molar-refractivity contribution >= 4 is 43.7 Å². The lowest BCUT2D eigenvalue weighted by molar-refractivity contribution is 0.270. The smallest absolute Gasteiger partial charge is 0.143 e. The van der Waals surface area contributed by atoms with Crippen LogP contribution in [0.2, 0.25) is 0 Å². The molecule has 3 heteroatoms. The van der Waals surface area contributed by atoms with Gasteiger partial charge in [-0.1, -0.05) is 85.0 Å². The summed E-state index contributed by atoms with van der Waals surface area (Å²) in [5, 5.41) is 4.70. The van der Waals surface area contributed by atoms with Crippen molar-refractivity contribution in [3.05, 3.63) is 127 Å². The molecule has 0 amide bonds. The SMILES string of the molecule is C1=CC2Oc3c(-c4ccc5[nH]c6ccc(-c7cccc8c7oc7ccccc78)cc6c5c4)cccc3C2C=C1. The Bertz CT molecular complexity index is 2170. The van der Waals surface area contributed by atoms with Crippen molar-refractivity contribution in [2.45, 2.75) is 12.0 Å². The van der Waals surface area contributed by atoms with Crippen LogP contribution < -0.4 is 4.74 Å². The summed E-state index contributed by atoms with van der Waals surface area (Å²) in [6.45, 7) is 0. The molecule has 7 aromatic rings. The second-order valence-electron chi connectivity index (χ2n) is 10.5. The van der Waals surface area contributed by atoms with E-state index in [1.165, 1.54) is 16.3 Å². The number of allylic oxidation sites excluding steroid dienone is 2. The molecule has 5 aromatic carbocycles. The highest BCUT2D eigenvalue weighted by atomic mass is 16.5. The van der Waals surface area contributed by atoms with Crippen molar-refractivity contribution in [2.24, 2.45) is 0 Å². The van der Waals surface area contributed by atoms with Crippen LogP contribution in [-0.4, -0.2) is 11.1 Å². The van der Waals surface area contributed by atoms with E-state index >= 15 is 0 Å². The van der Waals surface area contributed by atoms with Gasteiger partial charge >= 0.3 is 0 Å². The Kier molecular flexibility index (Phi) is 4.17. The number of rotatable bonds is 2. The molecule has 2 aromatic heterocycles. The Morgan fingerprint density at radius 2 is 1.31 bits per heavy atom. The lowest BCUT2D eigenvalue weighted by atomic mass is 9.90. The summed E-state index contributed by atoms with van der Waals surface area (Å²) in [4.78, 5) is 3.61. The predicted octanol–water partition coefficient (Wildman–Crippen LogP) is 9.53. The fourth-order valence-electron chi connectivity index (χ4n) is 6.50. The Morgan fingerprint density at radius 3 is 2.18 bits per heavy atom. The van der Waals surface area contributed by atoms with Crippen LogP contribution in [0.25, 0.3) is 66.0 Å². The van der Waals surface area contributed by atoms with E-state index in [4.69, 9.17) is 9.15 Å². The highest BCUT2D eigenvalue weighted by Gasteiger charge is 2.33. The van der Waals surface area contributed by atoms with Gasteiger partial charge in [0, 0.05) is 55.2 Å². The molecule has 1 N–H and O–H groups in total. The van der Waals surface area contributed by atoms with Crippen LogP contribution in [0.1, 0.15) is 11.5 Å². The van der Waals surface area contributed by atoms with Gasteiger partial charge in [-0.3, -0.25) is 0 Å². The van der Waals surface area contributed by atoms with Crippen molar-refractivity contribution in [3.63, 3.8) is 0 Å². The average Bonchev–Trinajstić information content (AvgIpc) is 3.67. The number of fused-ring (bicyclic) bond motifs is 9. The fraction of sp³-hybridized carbons (Fsp3) is 0.0556. The van der Waals surface area contributed by atoms with Crippen LogP contribution in [-0.2, 0) is 0 Å². The molecular formula is C36H23NO2. The molecule has 0 bridgehead atoms. The fourth-order valence-corrected chi connectivity index (χ4v) is 6.50. The minimum Gasteiger partial charge on any atom is -0.484 e. The minimum atomic E-state index is 0.0755. The van der Waals surface area contributed by atoms with Crippen molar-refractivity contribution in [1.29, 1.82) is 0 Å². The molecule has 0 saturated carbocycles. The number of hydrogen-bond donors (Lipinski definition) is 1. The summed E-state index contributed by atoms with van der Waals surface area (Å²) in [6.07, 6.45) is 8.67. The Morgan fingerprint density at radius 1 is 0.590 bits per heavy atom. The van der Waals surface area contributed by atoms with Gasteiger partial charge in [-0.25, -0.2) is 0 Å². The zero-order valence-corrected chi connectivity index (χ0v) is 21.0. The van der Waals surface area contributed by atoms with Gasteiger partial charge < -0.3 is 14.1 Å². The van der Waals surface area contributed by atoms with E-state index in [0.29, 0.717) is 0 Å². The molecule has 39 heavy (non-hydrogen) atoms. The van der Waals surface area contributed by atoms with E-state index in [1.807, 2.05) is 12.1 Å². The first-order chi connectivity index (χ1) is 19.3. The van der Waals surface area contributed by atoms with Crippen molar-refractivity contribution < 1.29 is 9.15 Å². The maximum Gasteiger partial charge on any atom is 0.143 e. The molecule has 0 radical (unpaired) electrons. The maximum atomic E-state index is 6.46. The van der Waals surface area contributed by atoms with Crippen molar-refractivity contribution in [2.75, 3.05) is 0 Å². The van der Waals surface area contributed by atoms with E-state index in [9.17, 15) is 0 Å². The normalized spacial score (nSPS) is 17.7. The topological polar surface area (TPSA) is 38.2 Å². The second kappa shape index (κ2) is 7.75. The maximum absolute atomic E-state index is 6.46. The summed E-state index contributed by atoms with van der Waals surface area (Å²) in [6, 6.07) is 34.5. The third-order valence-electron chi connectivity index (χ3n) is 8.37. The summed E-state index contributed by atoms with van der Waals surface area (Å²) >= 11 is 0. The zero-order valence-electron chi connectivity index (χ0n) is 21.0. The van der Waals surface area contributed by atoms with E-state index in [-0.39, 0.29) is 12.0 Å². The summed E-state index contributed by atoms with van der Waals surface area (Å²) in [7, 11) is 0. The van der Waals surface area contributed by atoms with Crippen LogP contribution in [0.15, 0.2) is 126 Å². The number of ether oxygens (including phenoxy) is 1. The number of nitrogens with one attached hydrogen (secondary N) is 1. The number of hydrogen-bond acceptors (Lipinski definition) is 2. The summed E-state index contributed by atoms with van der Waals surface area (Å²) in [5.74, 6) is 1.28. The monoisotopic (exact) mass is 501 g/mol. The standard InChI is InChI=1S/C36H23NO2/c1-3-13-33-25(7-1)27-11-5-9-23(35(27)38-33)21-15-17-31-29(19-21)30-20-22(16-18-32(30)37-31)24-10-6-12-28-26-8-2-4-14-34(26)39-36(24)28/h1-20,25,33,37H. The van der Waals surface area contributed by atoms with Crippen LogP contribution in [0.4, 0.5) is 0 Å². The molecule has 2 aliphatic rings. The molecule has 1 aliphatic heterocycles. The van der Waals surface area contributed by atoms with Crippen molar-refractivity contribution in [3.8, 4) is 28.0 Å². The van der Waals surface area contributed by atoms with Gasteiger partial charge in [0.2, 0.25) is 0 Å². The van der Waals surface area contributed by atoms with Gasteiger partial charge in [-0.15, -0.1) is 0 Å². The van der Waals surface area contributed by atoms with Gasteiger partial charge in [0.1, 0.15) is 23.0 Å². The Balaban J connectivity index is 1.22. The number of aromatic amines is 1. The molecule has 184 valence electrons. The predicted molar refractivity (Wildman–Crippen MR) is 159 cm³/mol. The molecular weight excluding hydrogens is 478 g/mol. The molecule has 2 unspecified atom stereocenters. The number of furan rings is 1. The Labute approximate surface area is 224 Å². The molecule has 3 nitrogen and oxygen atoms in total.